The predicted octanol–water partition coefficient (Wildman–Crippen LogP) is 0.500. The Kier molecular flexibility index (Phi) is 3.04. The van der Waals surface area contributed by atoms with E-state index in [1.54, 1.807) is 18.3 Å². The van der Waals surface area contributed by atoms with Gasteiger partial charge in [-0.2, -0.15) is 0 Å². The molecule has 0 aromatic carbocycles. The Bertz CT molecular complexity index is 562. The molecule has 0 spiro atoms. The van der Waals surface area contributed by atoms with Gasteiger partial charge in [-0.05, 0) is 6.07 Å². The number of hydrogen-bond acceptors (Lipinski definition) is 4. The average Bonchev–Trinajstić information content (AvgIpc) is 2.78. The maximum Gasteiger partial charge on any atom is 0.268 e. The number of ether oxygens (including phenoxy) is 1. The van der Waals surface area contributed by atoms with Gasteiger partial charge in [0.15, 0.2) is 0 Å². The van der Waals surface area contributed by atoms with E-state index < -0.39 is 0 Å². The number of carbonyl (C=O) groups excluding carboxylic acids is 2. The Morgan fingerprint density at radius 3 is 3.12 bits per heavy atom. The lowest BCUT2D eigenvalue weighted by Gasteiger charge is -1.97. The first kappa shape index (κ1) is 11.1. The van der Waals surface area contributed by atoms with Crippen LogP contribution in [-0.4, -0.2) is 35.8 Å². The van der Waals surface area contributed by atoms with Gasteiger partial charge in [0.2, 0.25) is 5.88 Å². The molecule has 0 saturated heterocycles. The Hall–Kier alpha value is -2.37. The molecule has 0 saturated carbocycles. The molecule has 6 nitrogen and oxygen atoms in total. The molecule has 0 unspecified atom stereocenters. The number of H-pyrrole nitrogens is 1. The summed E-state index contributed by atoms with van der Waals surface area (Å²) in [7, 11) is 1.52. The van der Waals surface area contributed by atoms with E-state index in [9.17, 15) is 9.59 Å². The summed E-state index contributed by atoms with van der Waals surface area (Å²) in [6.07, 6.45) is 2.24. The van der Waals surface area contributed by atoms with Crippen LogP contribution in [0.5, 0.6) is 5.88 Å². The zero-order valence-electron chi connectivity index (χ0n) is 9.19. The molecule has 2 rings (SSSR count). The number of hydrogen-bond donors (Lipinski definition) is 2. The quantitative estimate of drug-likeness (QED) is 0.753. The van der Waals surface area contributed by atoms with Gasteiger partial charge in [-0.25, -0.2) is 4.98 Å². The van der Waals surface area contributed by atoms with Crippen molar-refractivity contribution in [1.82, 2.24) is 15.3 Å². The Morgan fingerprint density at radius 1 is 1.59 bits per heavy atom. The number of aldehydes is 1. The fourth-order valence-electron chi connectivity index (χ4n) is 1.47. The van der Waals surface area contributed by atoms with Gasteiger partial charge in [0.25, 0.3) is 5.91 Å². The molecule has 2 aromatic heterocycles. The number of nitrogens with one attached hydrogen (secondary N) is 2. The molecule has 0 fully saturated rings. The van der Waals surface area contributed by atoms with E-state index in [0.29, 0.717) is 17.9 Å². The van der Waals surface area contributed by atoms with Crippen molar-refractivity contribution < 1.29 is 14.3 Å². The van der Waals surface area contributed by atoms with Crippen molar-refractivity contribution in [3.63, 3.8) is 0 Å². The molecule has 88 valence electrons. The van der Waals surface area contributed by atoms with Crippen LogP contribution in [0.2, 0.25) is 0 Å². The van der Waals surface area contributed by atoms with Crippen LogP contribution in [-0.2, 0) is 4.79 Å². The number of nitrogens with zero attached hydrogens (tertiary/aromatic N) is 1. The van der Waals surface area contributed by atoms with E-state index in [0.717, 1.165) is 10.9 Å². The number of aromatic nitrogens is 2. The molecule has 2 N–H and O–H groups in total. The van der Waals surface area contributed by atoms with Crippen LogP contribution in [0.1, 0.15) is 10.5 Å². The molecule has 0 atom stereocenters. The lowest BCUT2D eigenvalue weighted by atomic mass is 10.3. The standard InChI is InChI=1S/C11H11N3O3/c1-17-10-5-8-7(6-13-10)4-9(14-8)11(16)12-2-3-15/h3-6,14H,2H2,1H3,(H,12,16). The summed E-state index contributed by atoms with van der Waals surface area (Å²) >= 11 is 0. The van der Waals surface area contributed by atoms with E-state index in [2.05, 4.69) is 15.3 Å². The van der Waals surface area contributed by atoms with Gasteiger partial charge in [0.05, 0.1) is 19.2 Å². The van der Waals surface area contributed by atoms with Crippen molar-refractivity contribution in [2.75, 3.05) is 13.7 Å². The lowest BCUT2D eigenvalue weighted by Crippen LogP contribution is -2.25. The van der Waals surface area contributed by atoms with E-state index >= 15 is 0 Å². The zero-order valence-corrected chi connectivity index (χ0v) is 9.19. The number of pyridine rings is 1. The van der Waals surface area contributed by atoms with Crippen molar-refractivity contribution in [3.05, 3.63) is 24.0 Å². The van der Waals surface area contributed by atoms with E-state index in [-0.39, 0.29) is 12.5 Å². The Labute approximate surface area is 97.0 Å². The second kappa shape index (κ2) is 4.65. The summed E-state index contributed by atoms with van der Waals surface area (Å²) < 4.78 is 4.98. The van der Waals surface area contributed by atoms with Crippen molar-refractivity contribution in [1.29, 1.82) is 0 Å². The smallest absolute Gasteiger partial charge is 0.268 e. The van der Waals surface area contributed by atoms with Gasteiger partial charge >= 0.3 is 0 Å². The van der Waals surface area contributed by atoms with Crippen molar-refractivity contribution in [3.8, 4) is 5.88 Å². The van der Waals surface area contributed by atoms with E-state index in [1.165, 1.54) is 7.11 Å². The predicted molar refractivity (Wildman–Crippen MR) is 61.0 cm³/mol. The summed E-state index contributed by atoms with van der Waals surface area (Å²) in [5.41, 5.74) is 1.14. The topological polar surface area (TPSA) is 84.1 Å². The van der Waals surface area contributed by atoms with Gasteiger partial charge in [0, 0.05) is 17.6 Å². The lowest BCUT2D eigenvalue weighted by molar-refractivity contribution is -0.107. The van der Waals surface area contributed by atoms with Crippen LogP contribution in [0, 0.1) is 0 Å². The summed E-state index contributed by atoms with van der Waals surface area (Å²) in [5.74, 6) is 0.145. The minimum absolute atomic E-state index is 0.00420. The first-order valence-electron chi connectivity index (χ1n) is 4.99. The van der Waals surface area contributed by atoms with Gasteiger partial charge in [0.1, 0.15) is 12.0 Å². The van der Waals surface area contributed by atoms with Gasteiger partial charge in [-0.1, -0.05) is 0 Å². The Balaban J connectivity index is 2.30. The minimum atomic E-state index is -0.327. The van der Waals surface area contributed by atoms with E-state index in [1.807, 2.05) is 0 Å². The number of amides is 1. The SMILES string of the molecule is COc1cc2[nH]c(C(=O)NCC=O)cc2cn1. The molecule has 2 heterocycles. The third-order valence-electron chi connectivity index (χ3n) is 2.28. The average molecular weight is 233 g/mol. The van der Waals surface area contributed by atoms with E-state index in [4.69, 9.17) is 4.74 Å². The third kappa shape index (κ3) is 2.25. The molecule has 0 aliphatic heterocycles. The zero-order chi connectivity index (χ0) is 12.3. The Morgan fingerprint density at radius 2 is 2.41 bits per heavy atom. The second-order valence-electron chi connectivity index (χ2n) is 3.37. The van der Waals surface area contributed by atoms with Crippen LogP contribution in [0.3, 0.4) is 0 Å². The molecule has 0 bridgehead atoms. The van der Waals surface area contributed by atoms with Gasteiger partial charge in [-0.15, -0.1) is 0 Å². The summed E-state index contributed by atoms with van der Waals surface area (Å²) in [5, 5.41) is 3.26. The van der Waals surface area contributed by atoms with Crippen LogP contribution >= 0.6 is 0 Å². The number of rotatable bonds is 4. The summed E-state index contributed by atoms with van der Waals surface area (Å²) in [6.45, 7) is -0.00420. The first-order chi connectivity index (χ1) is 8.24. The van der Waals surface area contributed by atoms with Gasteiger partial charge < -0.3 is 19.8 Å². The molecular formula is C11H11N3O3. The highest BCUT2D eigenvalue weighted by Crippen LogP contribution is 2.18. The fraction of sp³-hybridized carbons (Fsp3) is 0.182. The third-order valence-corrected chi connectivity index (χ3v) is 2.28. The molecule has 1 amide bonds. The molecule has 0 aliphatic rings. The monoisotopic (exact) mass is 233 g/mol. The maximum absolute atomic E-state index is 11.6. The van der Waals surface area contributed by atoms with Crippen molar-refractivity contribution in [2.24, 2.45) is 0 Å². The van der Waals surface area contributed by atoms with Crippen LogP contribution < -0.4 is 10.1 Å². The normalized spacial score (nSPS) is 10.2. The van der Waals surface area contributed by atoms with Crippen molar-refractivity contribution in [2.45, 2.75) is 0 Å². The summed E-state index contributed by atoms with van der Waals surface area (Å²) in [4.78, 5) is 28.7. The number of fused-ring (bicyclic) bond motifs is 1. The van der Waals surface area contributed by atoms with Crippen LogP contribution in [0.4, 0.5) is 0 Å². The van der Waals surface area contributed by atoms with Gasteiger partial charge in [-0.3, -0.25) is 4.79 Å². The van der Waals surface area contributed by atoms with Crippen LogP contribution in [0.25, 0.3) is 10.9 Å². The van der Waals surface area contributed by atoms with Crippen LogP contribution in [0.15, 0.2) is 18.3 Å². The number of methoxy groups -OCH3 is 1. The molecular weight excluding hydrogens is 222 g/mol. The first-order valence-corrected chi connectivity index (χ1v) is 4.99. The number of carbonyl (C=O) groups is 2. The van der Waals surface area contributed by atoms with Crippen molar-refractivity contribution >= 4 is 23.1 Å². The summed E-state index contributed by atoms with van der Waals surface area (Å²) in [6, 6.07) is 3.37. The molecule has 0 radical (unpaired) electrons. The highest BCUT2D eigenvalue weighted by atomic mass is 16.5. The molecule has 6 heteroatoms. The maximum atomic E-state index is 11.6. The number of aromatic amines is 1. The fourth-order valence-corrected chi connectivity index (χ4v) is 1.47. The second-order valence-corrected chi connectivity index (χ2v) is 3.37. The highest BCUT2D eigenvalue weighted by molar-refractivity contribution is 5.98. The molecule has 0 aliphatic carbocycles. The minimum Gasteiger partial charge on any atom is -0.481 e. The highest BCUT2D eigenvalue weighted by Gasteiger charge is 2.09. The molecule has 2 aromatic rings. The molecule has 17 heavy (non-hydrogen) atoms. The largest absolute Gasteiger partial charge is 0.481 e.